The van der Waals surface area contributed by atoms with Crippen molar-refractivity contribution in [2.75, 3.05) is 6.61 Å². The highest BCUT2D eigenvalue weighted by Crippen LogP contribution is 2.16. The Labute approximate surface area is 287 Å². The molecule has 0 heterocycles. The van der Waals surface area contributed by atoms with Crippen LogP contribution in [0.4, 0.5) is 0 Å². The molecule has 0 aliphatic rings. The number of aliphatic hydroxyl groups excluding tert-OH is 3. The van der Waals surface area contributed by atoms with Crippen molar-refractivity contribution in [3.05, 3.63) is 12.2 Å². The Hall–Kier alpha value is -0.910. The van der Waals surface area contributed by atoms with Crippen molar-refractivity contribution in [3.8, 4) is 0 Å². The molecule has 1 amide bonds. The fourth-order valence-corrected chi connectivity index (χ4v) is 6.37. The molecule has 5 heteroatoms. The summed E-state index contributed by atoms with van der Waals surface area (Å²) in [6.07, 6.45) is 42.4. The van der Waals surface area contributed by atoms with Crippen LogP contribution in [-0.4, -0.2) is 46.1 Å². The fourth-order valence-electron chi connectivity index (χ4n) is 6.37. The van der Waals surface area contributed by atoms with E-state index < -0.39 is 24.2 Å². The van der Waals surface area contributed by atoms with Crippen LogP contribution in [-0.2, 0) is 4.79 Å². The van der Waals surface area contributed by atoms with Gasteiger partial charge in [-0.2, -0.15) is 0 Å². The fraction of sp³-hybridized carbons (Fsp3) is 0.927. The molecule has 3 unspecified atom stereocenters. The van der Waals surface area contributed by atoms with Gasteiger partial charge in [-0.05, 0) is 32.1 Å². The van der Waals surface area contributed by atoms with Gasteiger partial charge in [0.1, 0.15) is 6.10 Å². The van der Waals surface area contributed by atoms with Gasteiger partial charge in [0.25, 0.3) is 0 Å². The van der Waals surface area contributed by atoms with Gasteiger partial charge < -0.3 is 20.6 Å². The van der Waals surface area contributed by atoms with Crippen LogP contribution in [0.15, 0.2) is 12.2 Å². The number of allylic oxidation sites excluding steroid dienone is 2. The third kappa shape index (κ3) is 31.7. The van der Waals surface area contributed by atoms with E-state index in [2.05, 4.69) is 25.2 Å². The SMILES string of the molecule is CCCCCC/C=C\CCC(O)C(=O)NC(CO)C(O)CCCCCCCCCCCCCCCCCCCCCCCCCC. The van der Waals surface area contributed by atoms with Crippen LogP contribution in [0, 0.1) is 0 Å². The lowest BCUT2D eigenvalue weighted by atomic mass is 10.0. The van der Waals surface area contributed by atoms with Crippen LogP contribution in [0.5, 0.6) is 0 Å². The van der Waals surface area contributed by atoms with Crippen LogP contribution >= 0.6 is 0 Å². The van der Waals surface area contributed by atoms with Crippen LogP contribution in [0.3, 0.4) is 0 Å². The van der Waals surface area contributed by atoms with E-state index in [1.165, 1.54) is 167 Å². The minimum atomic E-state index is -1.12. The number of hydrogen-bond donors (Lipinski definition) is 4. The zero-order valence-electron chi connectivity index (χ0n) is 31.0. The Morgan fingerprint density at radius 2 is 0.848 bits per heavy atom. The van der Waals surface area contributed by atoms with E-state index in [0.717, 1.165) is 19.3 Å². The molecule has 0 saturated heterocycles. The number of carbonyl (C=O) groups is 1. The molecule has 0 rings (SSSR count). The summed E-state index contributed by atoms with van der Waals surface area (Å²) in [5, 5.41) is 33.0. The van der Waals surface area contributed by atoms with E-state index in [1.807, 2.05) is 6.08 Å². The molecule has 0 radical (unpaired) electrons. The smallest absolute Gasteiger partial charge is 0.249 e. The van der Waals surface area contributed by atoms with E-state index in [1.54, 1.807) is 0 Å². The first kappa shape index (κ1) is 45.1. The molecule has 0 bridgehead atoms. The van der Waals surface area contributed by atoms with Gasteiger partial charge in [0.15, 0.2) is 0 Å². The van der Waals surface area contributed by atoms with Crippen molar-refractivity contribution in [2.45, 2.75) is 238 Å². The minimum Gasteiger partial charge on any atom is -0.394 e. The molecule has 3 atom stereocenters. The van der Waals surface area contributed by atoms with E-state index in [9.17, 15) is 20.1 Å². The minimum absolute atomic E-state index is 0.323. The molecule has 0 spiro atoms. The predicted molar refractivity (Wildman–Crippen MR) is 199 cm³/mol. The zero-order chi connectivity index (χ0) is 33.8. The number of amides is 1. The molecule has 4 N–H and O–H groups in total. The topological polar surface area (TPSA) is 89.8 Å². The zero-order valence-corrected chi connectivity index (χ0v) is 31.0. The molecule has 0 saturated carbocycles. The number of hydrogen-bond acceptors (Lipinski definition) is 4. The molecule has 0 aromatic rings. The maximum Gasteiger partial charge on any atom is 0.249 e. The van der Waals surface area contributed by atoms with E-state index >= 15 is 0 Å². The number of aliphatic hydroxyl groups is 3. The standard InChI is InChI=1S/C41H81NO4/c1-3-5-7-9-11-13-14-15-16-17-18-19-20-21-22-23-24-25-26-27-28-30-31-33-35-39(44)38(37-43)42-41(46)40(45)36-34-32-29-12-10-8-6-4-2/h29,32,38-40,43-45H,3-28,30-31,33-37H2,1-2H3,(H,42,46)/b32-29-. The molecule has 0 aromatic carbocycles. The van der Waals surface area contributed by atoms with Gasteiger partial charge in [-0.1, -0.05) is 199 Å². The Bertz CT molecular complexity index is 640. The summed E-state index contributed by atoms with van der Waals surface area (Å²) < 4.78 is 0. The van der Waals surface area contributed by atoms with Gasteiger partial charge in [-0.25, -0.2) is 0 Å². The molecular formula is C41H81NO4. The number of unbranched alkanes of at least 4 members (excludes halogenated alkanes) is 27. The highest BCUT2D eigenvalue weighted by molar-refractivity contribution is 5.80. The highest BCUT2D eigenvalue weighted by Gasteiger charge is 2.23. The number of carbonyl (C=O) groups excluding carboxylic acids is 1. The quantitative estimate of drug-likeness (QED) is 0.0397. The molecule has 0 fully saturated rings. The lowest BCUT2D eigenvalue weighted by Gasteiger charge is -2.23. The van der Waals surface area contributed by atoms with Gasteiger partial charge >= 0.3 is 0 Å². The largest absolute Gasteiger partial charge is 0.394 e. The highest BCUT2D eigenvalue weighted by atomic mass is 16.3. The number of rotatable bonds is 37. The van der Waals surface area contributed by atoms with E-state index in [4.69, 9.17) is 0 Å². The average molecular weight is 652 g/mol. The van der Waals surface area contributed by atoms with Crippen molar-refractivity contribution in [1.82, 2.24) is 5.32 Å². The molecule has 46 heavy (non-hydrogen) atoms. The maximum absolute atomic E-state index is 12.3. The molecule has 274 valence electrons. The molecular weight excluding hydrogens is 570 g/mol. The molecule has 0 aliphatic heterocycles. The Morgan fingerprint density at radius 3 is 1.24 bits per heavy atom. The Balaban J connectivity index is 3.53. The Kier molecular flexibility index (Phi) is 36.2. The van der Waals surface area contributed by atoms with Crippen LogP contribution in [0.1, 0.15) is 219 Å². The van der Waals surface area contributed by atoms with Gasteiger partial charge in [-0.15, -0.1) is 0 Å². The van der Waals surface area contributed by atoms with Crippen LogP contribution < -0.4 is 5.32 Å². The normalized spacial score (nSPS) is 13.8. The summed E-state index contributed by atoms with van der Waals surface area (Å²) in [6, 6.07) is -0.721. The van der Waals surface area contributed by atoms with Gasteiger partial charge in [0.05, 0.1) is 18.8 Å². The first-order valence-electron chi connectivity index (χ1n) is 20.5. The summed E-state index contributed by atoms with van der Waals surface area (Å²) >= 11 is 0. The lowest BCUT2D eigenvalue weighted by molar-refractivity contribution is -0.131. The van der Waals surface area contributed by atoms with Crippen molar-refractivity contribution in [2.24, 2.45) is 0 Å². The molecule has 5 nitrogen and oxygen atoms in total. The van der Waals surface area contributed by atoms with Crippen LogP contribution in [0.2, 0.25) is 0 Å². The first-order valence-corrected chi connectivity index (χ1v) is 20.5. The second-order valence-electron chi connectivity index (χ2n) is 14.2. The van der Waals surface area contributed by atoms with Gasteiger partial charge in [-0.3, -0.25) is 4.79 Å². The summed E-state index contributed by atoms with van der Waals surface area (Å²) in [5.74, 6) is -0.506. The van der Waals surface area contributed by atoms with Crippen LogP contribution in [0.25, 0.3) is 0 Å². The van der Waals surface area contributed by atoms with Gasteiger partial charge in [0, 0.05) is 0 Å². The van der Waals surface area contributed by atoms with Crippen molar-refractivity contribution in [1.29, 1.82) is 0 Å². The van der Waals surface area contributed by atoms with E-state index in [-0.39, 0.29) is 6.61 Å². The summed E-state index contributed by atoms with van der Waals surface area (Å²) in [7, 11) is 0. The monoisotopic (exact) mass is 652 g/mol. The third-order valence-electron chi connectivity index (χ3n) is 9.64. The molecule has 0 aliphatic carbocycles. The summed E-state index contributed by atoms with van der Waals surface area (Å²) in [5.41, 5.74) is 0. The summed E-state index contributed by atoms with van der Waals surface area (Å²) in [4.78, 5) is 12.3. The van der Waals surface area contributed by atoms with Crippen molar-refractivity contribution < 1.29 is 20.1 Å². The first-order chi connectivity index (χ1) is 22.6. The average Bonchev–Trinajstić information content (AvgIpc) is 3.06. The second-order valence-corrected chi connectivity index (χ2v) is 14.2. The maximum atomic E-state index is 12.3. The lowest BCUT2D eigenvalue weighted by Crippen LogP contribution is -2.49. The van der Waals surface area contributed by atoms with E-state index in [0.29, 0.717) is 19.3 Å². The predicted octanol–water partition coefficient (Wildman–Crippen LogP) is 11.3. The van der Waals surface area contributed by atoms with Crippen molar-refractivity contribution in [3.63, 3.8) is 0 Å². The van der Waals surface area contributed by atoms with Crippen molar-refractivity contribution >= 4 is 5.91 Å². The second kappa shape index (κ2) is 36.9. The number of nitrogens with one attached hydrogen (secondary N) is 1. The molecule has 0 aromatic heterocycles. The summed E-state index contributed by atoms with van der Waals surface area (Å²) in [6.45, 7) is 4.17. The Morgan fingerprint density at radius 1 is 0.500 bits per heavy atom. The van der Waals surface area contributed by atoms with Gasteiger partial charge in [0.2, 0.25) is 5.91 Å². The third-order valence-corrected chi connectivity index (χ3v) is 9.64.